The van der Waals surface area contributed by atoms with Gasteiger partial charge in [-0.3, -0.25) is 0 Å². The molecule has 33 heavy (non-hydrogen) atoms. The Bertz CT molecular complexity index is 1260. The standard InChI is InChI=1S/C22H15ClF3N5O2/c23-17-8-5-14(10-16(17)22(24,25)26)31-21(32)30-13-3-6-15(7-4-13)33-20-11-19(28-12-29-20)18-2-1-9-27-18/h1-12,27H,(H2,30,31,32). The molecular formula is C22H15ClF3N5O2. The predicted octanol–water partition coefficient (Wildman–Crippen LogP) is 6.58. The van der Waals surface area contributed by atoms with E-state index in [0.29, 0.717) is 23.0 Å². The second kappa shape index (κ2) is 9.21. The lowest BCUT2D eigenvalue weighted by Crippen LogP contribution is -2.19. The normalized spacial score (nSPS) is 11.2. The Kier molecular flexibility index (Phi) is 6.18. The van der Waals surface area contributed by atoms with Crippen LogP contribution in [0.3, 0.4) is 0 Å². The molecule has 0 radical (unpaired) electrons. The number of anilines is 2. The van der Waals surface area contributed by atoms with Gasteiger partial charge in [-0.1, -0.05) is 11.6 Å². The molecule has 4 rings (SSSR count). The highest BCUT2D eigenvalue weighted by atomic mass is 35.5. The molecule has 11 heteroatoms. The minimum Gasteiger partial charge on any atom is -0.439 e. The molecular weight excluding hydrogens is 459 g/mol. The SMILES string of the molecule is O=C(Nc1ccc(Oc2cc(-c3ccc[nH]3)ncn2)cc1)Nc1ccc(Cl)c(C(F)(F)F)c1. The fourth-order valence-corrected chi connectivity index (χ4v) is 3.10. The Morgan fingerprint density at radius 3 is 2.39 bits per heavy atom. The molecule has 0 fully saturated rings. The molecule has 0 unspecified atom stereocenters. The highest BCUT2D eigenvalue weighted by Gasteiger charge is 2.33. The van der Waals surface area contributed by atoms with Crippen LogP contribution in [0.4, 0.5) is 29.3 Å². The van der Waals surface area contributed by atoms with E-state index in [-0.39, 0.29) is 5.69 Å². The zero-order chi connectivity index (χ0) is 23.4. The number of ether oxygens (including phenoxy) is 1. The molecule has 0 bridgehead atoms. The highest BCUT2D eigenvalue weighted by molar-refractivity contribution is 6.31. The van der Waals surface area contributed by atoms with E-state index in [2.05, 4.69) is 25.6 Å². The Morgan fingerprint density at radius 2 is 1.70 bits per heavy atom. The first kappa shape index (κ1) is 22.2. The maximum Gasteiger partial charge on any atom is 0.417 e. The molecule has 0 saturated heterocycles. The Hall–Kier alpha value is -4.05. The van der Waals surface area contributed by atoms with Gasteiger partial charge in [0, 0.05) is 23.6 Å². The van der Waals surface area contributed by atoms with Gasteiger partial charge in [-0.15, -0.1) is 0 Å². The molecule has 0 spiro atoms. The van der Waals surface area contributed by atoms with Crippen LogP contribution in [0.2, 0.25) is 5.02 Å². The summed E-state index contributed by atoms with van der Waals surface area (Å²) >= 11 is 5.58. The summed E-state index contributed by atoms with van der Waals surface area (Å²) in [6.07, 6.45) is -1.47. The average Bonchev–Trinajstić information content (AvgIpc) is 3.31. The maximum absolute atomic E-state index is 13.0. The van der Waals surface area contributed by atoms with Crippen molar-refractivity contribution in [3.8, 4) is 23.0 Å². The molecule has 2 aromatic carbocycles. The van der Waals surface area contributed by atoms with Crippen LogP contribution in [0, 0.1) is 0 Å². The summed E-state index contributed by atoms with van der Waals surface area (Å²) in [6.45, 7) is 0. The first-order valence-electron chi connectivity index (χ1n) is 9.46. The van der Waals surface area contributed by atoms with Gasteiger partial charge in [-0.25, -0.2) is 14.8 Å². The average molecular weight is 474 g/mol. The van der Waals surface area contributed by atoms with E-state index < -0.39 is 22.8 Å². The van der Waals surface area contributed by atoms with Crippen LogP contribution in [0.1, 0.15) is 5.56 Å². The van der Waals surface area contributed by atoms with Crippen LogP contribution in [0.5, 0.6) is 11.6 Å². The molecule has 2 aromatic heterocycles. The second-order valence-electron chi connectivity index (χ2n) is 6.72. The third-order valence-electron chi connectivity index (χ3n) is 4.38. The van der Waals surface area contributed by atoms with Crippen LogP contribution in [-0.2, 0) is 6.18 Å². The summed E-state index contributed by atoms with van der Waals surface area (Å²) in [4.78, 5) is 23.5. The van der Waals surface area contributed by atoms with Crippen molar-refractivity contribution < 1.29 is 22.7 Å². The number of H-pyrrole nitrogens is 1. The van der Waals surface area contributed by atoms with Crippen LogP contribution in [0.25, 0.3) is 11.4 Å². The van der Waals surface area contributed by atoms with E-state index in [4.69, 9.17) is 16.3 Å². The molecule has 0 aliphatic rings. The first-order valence-corrected chi connectivity index (χ1v) is 9.84. The summed E-state index contributed by atoms with van der Waals surface area (Å²) in [6, 6.07) is 14.1. The van der Waals surface area contributed by atoms with E-state index >= 15 is 0 Å². The molecule has 0 atom stereocenters. The third-order valence-corrected chi connectivity index (χ3v) is 4.71. The monoisotopic (exact) mass is 473 g/mol. The lowest BCUT2D eigenvalue weighted by Gasteiger charge is -2.12. The predicted molar refractivity (Wildman–Crippen MR) is 117 cm³/mol. The number of rotatable bonds is 5. The molecule has 2 amide bonds. The summed E-state index contributed by atoms with van der Waals surface area (Å²) in [5.74, 6) is 0.792. The number of alkyl halides is 3. The molecule has 3 N–H and O–H groups in total. The fraction of sp³-hybridized carbons (Fsp3) is 0.0455. The molecule has 0 aliphatic carbocycles. The van der Waals surface area contributed by atoms with E-state index in [1.165, 1.54) is 12.4 Å². The number of aromatic amines is 1. The minimum absolute atomic E-state index is 0.0502. The topological polar surface area (TPSA) is 91.9 Å². The Labute approximate surface area is 190 Å². The maximum atomic E-state index is 13.0. The molecule has 0 saturated carbocycles. The molecule has 2 heterocycles. The van der Waals surface area contributed by atoms with Gasteiger partial charge in [0.05, 0.1) is 22.0 Å². The van der Waals surface area contributed by atoms with Crippen molar-refractivity contribution in [3.63, 3.8) is 0 Å². The number of benzene rings is 2. The number of carbonyl (C=O) groups is 1. The van der Waals surface area contributed by atoms with Crippen molar-refractivity contribution >= 4 is 29.0 Å². The zero-order valence-corrected chi connectivity index (χ0v) is 17.4. The molecule has 4 aromatic rings. The molecule has 0 aliphatic heterocycles. The Morgan fingerprint density at radius 1 is 0.970 bits per heavy atom. The molecule has 168 valence electrons. The summed E-state index contributed by atoms with van der Waals surface area (Å²) < 4.78 is 44.6. The minimum atomic E-state index is -4.63. The number of halogens is 4. The van der Waals surface area contributed by atoms with Crippen LogP contribution >= 0.6 is 11.6 Å². The number of hydrogen-bond acceptors (Lipinski definition) is 4. The van der Waals surface area contributed by atoms with Gasteiger partial charge in [0.25, 0.3) is 0 Å². The van der Waals surface area contributed by atoms with Gasteiger partial charge in [0.1, 0.15) is 12.1 Å². The lowest BCUT2D eigenvalue weighted by molar-refractivity contribution is -0.137. The number of aromatic nitrogens is 3. The second-order valence-corrected chi connectivity index (χ2v) is 7.13. The number of nitrogens with zero attached hydrogens (tertiary/aromatic N) is 2. The number of urea groups is 1. The van der Waals surface area contributed by atoms with Crippen LogP contribution < -0.4 is 15.4 Å². The van der Waals surface area contributed by atoms with Crippen molar-refractivity contribution in [2.75, 3.05) is 10.6 Å². The smallest absolute Gasteiger partial charge is 0.417 e. The van der Waals surface area contributed by atoms with E-state index in [1.807, 2.05) is 12.1 Å². The van der Waals surface area contributed by atoms with Gasteiger partial charge in [-0.05, 0) is 54.6 Å². The van der Waals surface area contributed by atoms with Crippen molar-refractivity contribution in [1.82, 2.24) is 15.0 Å². The summed E-state index contributed by atoms with van der Waals surface area (Å²) in [5.41, 5.74) is 0.796. The van der Waals surface area contributed by atoms with Crippen molar-refractivity contribution in [2.24, 2.45) is 0 Å². The van der Waals surface area contributed by atoms with Crippen molar-refractivity contribution in [3.05, 3.63) is 83.8 Å². The van der Waals surface area contributed by atoms with Gasteiger partial charge in [-0.2, -0.15) is 13.2 Å². The van der Waals surface area contributed by atoms with E-state index in [0.717, 1.165) is 17.8 Å². The van der Waals surface area contributed by atoms with Gasteiger partial charge in [0.15, 0.2) is 0 Å². The third kappa shape index (κ3) is 5.60. The summed E-state index contributed by atoms with van der Waals surface area (Å²) in [5, 5.41) is 4.43. The number of nitrogens with one attached hydrogen (secondary N) is 3. The summed E-state index contributed by atoms with van der Waals surface area (Å²) in [7, 11) is 0. The number of hydrogen-bond donors (Lipinski definition) is 3. The lowest BCUT2D eigenvalue weighted by atomic mass is 10.2. The van der Waals surface area contributed by atoms with Gasteiger partial charge >= 0.3 is 12.2 Å². The van der Waals surface area contributed by atoms with Gasteiger partial charge in [0.2, 0.25) is 5.88 Å². The first-order chi connectivity index (χ1) is 15.8. The highest BCUT2D eigenvalue weighted by Crippen LogP contribution is 2.36. The Balaban J connectivity index is 1.38. The fourth-order valence-electron chi connectivity index (χ4n) is 2.87. The van der Waals surface area contributed by atoms with Crippen LogP contribution in [-0.4, -0.2) is 21.0 Å². The van der Waals surface area contributed by atoms with Crippen LogP contribution in [0.15, 0.2) is 73.2 Å². The van der Waals surface area contributed by atoms with Crippen molar-refractivity contribution in [2.45, 2.75) is 6.18 Å². The van der Waals surface area contributed by atoms with E-state index in [9.17, 15) is 18.0 Å². The number of carbonyl (C=O) groups excluding carboxylic acids is 1. The number of amides is 2. The molecule has 7 nitrogen and oxygen atoms in total. The van der Waals surface area contributed by atoms with Gasteiger partial charge < -0.3 is 20.4 Å². The largest absolute Gasteiger partial charge is 0.439 e. The van der Waals surface area contributed by atoms with E-state index in [1.54, 1.807) is 36.5 Å². The zero-order valence-electron chi connectivity index (χ0n) is 16.7. The van der Waals surface area contributed by atoms with Crippen molar-refractivity contribution in [1.29, 1.82) is 0 Å². The quantitative estimate of drug-likeness (QED) is 0.305.